The molecule has 0 bridgehead atoms. The molecule has 4 aromatic heterocycles. The molecule has 10 aromatic rings. The van der Waals surface area contributed by atoms with E-state index in [0.717, 1.165) is 93.7 Å². The van der Waals surface area contributed by atoms with Crippen molar-refractivity contribution in [3.8, 4) is 0 Å². The summed E-state index contributed by atoms with van der Waals surface area (Å²) in [4.78, 5) is 6.50. The van der Waals surface area contributed by atoms with Crippen LogP contribution in [0.3, 0.4) is 0 Å². The zero-order valence-electron chi connectivity index (χ0n) is 23.3. The minimum Gasteiger partial charge on any atom is -0.456 e. The molecule has 0 N–H and O–H groups in total. The number of aromatic nitrogens is 1. The molecular weight excluding hydrogens is 544 g/mol. The fourth-order valence-electron chi connectivity index (χ4n) is 6.70. The van der Waals surface area contributed by atoms with Gasteiger partial charge in [0.15, 0.2) is 5.58 Å². The van der Waals surface area contributed by atoms with Gasteiger partial charge in [0.05, 0.1) is 6.20 Å². The number of rotatable bonds is 3. The number of fused-ring (bicyclic) bond motifs is 11. The first-order valence-electron chi connectivity index (χ1n) is 14.6. The third kappa shape index (κ3) is 3.32. The van der Waals surface area contributed by atoms with Crippen LogP contribution in [0.2, 0.25) is 0 Å². The van der Waals surface area contributed by atoms with Crippen LogP contribution in [0, 0.1) is 0 Å². The zero-order valence-corrected chi connectivity index (χ0v) is 23.3. The van der Waals surface area contributed by atoms with Gasteiger partial charge in [-0.2, -0.15) is 0 Å². The van der Waals surface area contributed by atoms with Crippen LogP contribution in [0.4, 0.5) is 17.1 Å². The summed E-state index contributed by atoms with van der Waals surface area (Å²) in [6, 6.07) is 42.0. The van der Waals surface area contributed by atoms with E-state index < -0.39 is 0 Å². The van der Waals surface area contributed by atoms with E-state index in [4.69, 9.17) is 13.3 Å². The van der Waals surface area contributed by atoms with Crippen molar-refractivity contribution in [3.63, 3.8) is 0 Å². The molecule has 0 saturated carbocycles. The van der Waals surface area contributed by atoms with Crippen LogP contribution in [-0.2, 0) is 0 Å². The highest BCUT2D eigenvalue weighted by molar-refractivity contribution is 6.15. The quantitative estimate of drug-likeness (QED) is 0.213. The number of furan rings is 3. The van der Waals surface area contributed by atoms with E-state index in [1.54, 1.807) is 12.4 Å². The van der Waals surface area contributed by atoms with E-state index in [1.165, 1.54) is 0 Å². The second-order valence-electron chi connectivity index (χ2n) is 11.2. The van der Waals surface area contributed by atoms with Crippen LogP contribution in [0.15, 0.2) is 147 Å². The first-order valence-corrected chi connectivity index (χ1v) is 14.6. The van der Waals surface area contributed by atoms with Crippen molar-refractivity contribution in [2.75, 3.05) is 4.90 Å². The topological polar surface area (TPSA) is 55.6 Å². The highest BCUT2D eigenvalue weighted by Gasteiger charge is 2.19. The largest absolute Gasteiger partial charge is 0.456 e. The Labute approximate surface area is 250 Å². The fourth-order valence-corrected chi connectivity index (χ4v) is 6.70. The summed E-state index contributed by atoms with van der Waals surface area (Å²) in [5.74, 6) is 0. The number of hydrogen-bond acceptors (Lipinski definition) is 5. The number of pyridine rings is 1. The second kappa shape index (κ2) is 8.72. The van der Waals surface area contributed by atoms with Gasteiger partial charge in [0.2, 0.25) is 0 Å². The molecule has 6 aromatic carbocycles. The summed E-state index contributed by atoms with van der Waals surface area (Å²) in [5.41, 5.74) is 8.10. The molecule has 0 atom stereocenters. The summed E-state index contributed by atoms with van der Waals surface area (Å²) in [6.45, 7) is 0. The Morgan fingerprint density at radius 3 is 1.64 bits per heavy atom. The molecule has 0 saturated heterocycles. The summed E-state index contributed by atoms with van der Waals surface area (Å²) < 4.78 is 18.9. The average molecular weight is 567 g/mol. The first kappa shape index (κ1) is 23.5. The van der Waals surface area contributed by atoms with Crippen molar-refractivity contribution in [2.45, 2.75) is 0 Å². The monoisotopic (exact) mass is 566 g/mol. The highest BCUT2D eigenvalue weighted by Crippen LogP contribution is 2.42. The Hall–Kier alpha value is -6.07. The average Bonchev–Trinajstić information content (AvgIpc) is 3.75. The Morgan fingerprint density at radius 2 is 0.955 bits per heavy atom. The van der Waals surface area contributed by atoms with Crippen LogP contribution >= 0.6 is 0 Å². The normalized spacial score (nSPS) is 12.1. The number of benzene rings is 6. The van der Waals surface area contributed by atoms with Crippen LogP contribution in [0.5, 0.6) is 0 Å². The lowest BCUT2D eigenvalue weighted by Gasteiger charge is -2.25. The van der Waals surface area contributed by atoms with Gasteiger partial charge in [-0.3, -0.25) is 4.98 Å². The Bertz CT molecular complexity index is 2630. The van der Waals surface area contributed by atoms with Gasteiger partial charge in [-0.15, -0.1) is 0 Å². The third-order valence-corrected chi connectivity index (χ3v) is 8.74. The maximum atomic E-state index is 6.31. The molecule has 0 unspecified atom stereocenters. The van der Waals surface area contributed by atoms with Gasteiger partial charge in [-0.25, -0.2) is 0 Å². The number of nitrogens with zero attached hydrogens (tertiary/aromatic N) is 2. The van der Waals surface area contributed by atoms with Crippen molar-refractivity contribution in [3.05, 3.63) is 134 Å². The Balaban J connectivity index is 1.20. The standard InChI is InChI=1S/C39H22N2O3/c1-3-7-34-28(5-1)30-15-11-25(20-36(30)42-34)41(26-12-16-31-29-6-2-4-8-35(29)43-37(31)21-26)24-10-14-27-23(19-24)9-13-33-32-17-18-40-22-38(32)44-39(27)33/h1-22H. The summed E-state index contributed by atoms with van der Waals surface area (Å²) in [7, 11) is 0. The molecular formula is C39H22N2O3. The predicted molar refractivity (Wildman–Crippen MR) is 178 cm³/mol. The van der Waals surface area contributed by atoms with E-state index in [0.29, 0.717) is 0 Å². The molecule has 5 heteroatoms. The molecule has 0 aliphatic heterocycles. The maximum absolute atomic E-state index is 6.31. The van der Waals surface area contributed by atoms with E-state index in [9.17, 15) is 0 Å². The van der Waals surface area contributed by atoms with Gasteiger partial charge in [-0.1, -0.05) is 42.5 Å². The molecule has 5 nitrogen and oxygen atoms in total. The number of para-hydroxylation sites is 2. The molecule has 206 valence electrons. The van der Waals surface area contributed by atoms with E-state index in [-0.39, 0.29) is 0 Å². The predicted octanol–water partition coefficient (Wildman–Crippen LogP) is 11.4. The summed E-state index contributed by atoms with van der Waals surface area (Å²) >= 11 is 0. The van der Waals surface area contributed by atoms with Crippen LogP contribution in [0.25, 0.3) is 76.6 Å². The molecule has 0 radical (unpaired) electrons. The van der Waals surface area contributed by atoms with Crippen molar-refractivity contribution < 1.29 is 13.3 Å². The lowest BCUT2D eigenvalue weighted by atomic mass is 10.0. The molecule has 0 spiro atoms. The Morgan fingerprint density at radius 1 is 0.409 bits per heavy atom. The first-order chi connectivity index (χ1) is 21.8. The smallest absolute Gasteiger partial charge is 0.153 e. The SMILES string of the molecule is c1ccc2c(c1)oc1cc(N(c3ccc4c(ccc5c6ccncc6oc45)c3)c3ccc4c(c3)oc3ccccc34)ccc12. The minimum absolute atomic E-state index is 0.791. The highest BCUT2D eigenvalue weighted by atomic mass is 16.3. The van der Waals surface area contributed by atoms with Gasteiger partial charge < -0.3 is 18.2 Å². The lowest BCUT2D eigenvalue weighted by molar-refractivity contribution is 0.669. The second-order valence-corrected chi connectivity index (χ2v) is 11.2. The van der Waals surface area contributed by atoms with Crippen molar-refractivity contribution in [1.29, 1.82) is 0 Å². The van der Waals surface area contributed by atoms with Gasteiger partial charge in [-0.05, 0) is 72.1 Å². The van der Waals surface area contributed by atoms with Crippen molar-refractivity contribution >= 4 is 93.7 Å². The molecule has 0 fully saturated rings. The van der Waals surface area contributed by atoms with Crippen molar-refractivity contribution in [1.82, 2.24) is 4.98 Å². The van der Waals surface area contributed by atoms with E-state index in [2.05, 4.69) is 88.7 Å². The van der Waals surface area contributed by atoms with E-state index >= 15 is 0 Å². The molecule has 0 aliphatic carbocycles. The third-order valence-electron chi connectivity index (χ3n) is 8.74. The molecule has 0 amide bonds. The molecule has 44 heavy (non-hydrogen) atoms. The Kier molecular flexibility index (Phi) is 4.66. The van der Waals surface area contributed by atoms with Gasteiger partial charge in [0, 0.05) is 73.1 Å². The van der Waals surface area contributed by atoms with Gasteiger partial charge in [0.1, 0.15) is 27.9 Å². The van der Waals surface area contributed by atoms with Gasteiger partial charge >= 0.3 is 0 Å². The minimum atomic E-state index is 0.791. The van der Waals surface area contributed by atoms with Crippen LogP contribution < -0.4 is 4.90 Å². The molecule has 10 rings (SSSR count). The number of hydrogen-bond donors (Lipinski definition) is 0. The van der Waals surface area contributed by atoms with Crippen LogP contribution in [0.1, 0.15) is 0 Å². The molecule has 0 aliphatic rings. The maximum Gasteiger partial charge on any atom is 0.153 e. The van der Waals surface area contributed by atoms with Crippen LogP contribution in [-0.4, -0.2) is 4.98 Å². The van der Waals surface area contributed by atoms with E-state index in [1.807, 2.05) is 42.5 Å². The number of anilines is 3. The lowest BCUT2D eigenvalue weighted by Crippen LogP contribution is -2.09. The molecule has 4 heterocycles. The summed E-state index contributed by atoms with van der Waals surface area (Å²) in [6.07, 6.45) is 3.58. The van der Waals surface area contributed by atoms with Crippen molar-refractivity contribution in [2.24, 2.45) is 0 Å². The fraction of sp³-hybridized carbons (Fsp3) is 0. The zero-order chi connectivity index (χ0) is 28.8. The summed E-state index contributed by atoms with van der Waals surface area (Å²) in [5, 5.41) is 8.71. The van der Waals surface area contributed by atoms with Gasteiger partial charge in [0.25, 0.3) is 0 Å².